The number of hydrogen-bond acceptors (Lipinski definition) is 3. The Morgan fingerprint density at radius 1 is 0.931 bits per heavy atom. The van der Waals surface area contributed by atoms with Crippen molar-refractivity contribution < 1.29 is 14.7 Å². The van der Waals surface area contributed by atoms with Gasteiger partial charge in [-0.1, -0.05) is 72.3 Å². The molecule has 1 amide bonds. The maximum absolute atomic E-state index is 13.0. The van der Waals surface area contributed by atoms with E-state index in [1.165, 1.54) is 4.90 Å². The third-order valence-corrected chi connectivity index (χ3v) is 5.32. The van der Waals surface area contributed by atoms with Crippen molar-refractivity contribution >= 4 is 34.7 Å². The van der Waals surface area contributed by atoms with Crippen molar-refractivity contribution in [1.82, 2.24) is 0 Å². The van der Waals surface area contributed by atoms with Crippen LogP contribution in [0.2, 0.25) is 5.02 Å². The van der Waals surface area contributed by atoms with E-state index in [4.69, 9.17) is 11.6 Å². The number of nitrogens with zero attached hydrogens (tertiary/aromatic N) is 1. The molecule has 1 N–H and O–H groups in total. The molecule has 0 aliphatic carbocycles. The molecule has 4 rings (SSSR count). The van der Waals surface area contributed by atoms with Gasteiger partial charge < -0.3 is 5.11 Å². The highest BCUT2D eigenvalue weighted by molar-refractivity contribution is 6.52. The molecule has 1 saturated heterocycles. The van der Waals surface area contributed by atoms with E-state index < -0.39 is 17.7 Å². The Morgan fingerprint density at radius 2 is 1.62 bits per heavy atom. The van der Waals surface area contributed by atoms with E-state index in [-0.39, 0.29) is 11.3 Å². The van der Waals surface area contributed by atoms with Gasteiger partial charge in [0.15, 0.2) is 0 Å². The molecule has 1 atom stereocenters. The number of hydrogen-bond donors (Lipinski definition) is 1. The third-order valence-electron chi connectivity index (χ3n) is 4.97. The van der Waals surface area contributed by atoms with Crippen molar-refractivity contribution in [2.75, 3.05) is 4.90 Å². The molecule has 0 radical (unpaired) electrons. The summed E-state index contributed by atoms with van der Waals surface area (Å²) in [6.45, 7) is 1.91. The first-order valence-corrected chi connectivity index (χ1v) is 9.54. The quantitative estimate of drug-likeness (QED) is 0.368. The fourth-order valence-corrected chi connectivity index (χ4v) is 3.86. The number of halogens is 1. The van der Waals surface area contributed by atoms with Gasteiger partial charge in [0.1, 0.15) is 5.76 Å². The molecule has 29 heavy (non-hydrogen) atoms. The normalized spacial score (nSPS) is 18.3. The highest BCUT2D eigenvalue weighted by atomic mass is 35.5. The monoisotopic (exact) mass is 403 g/mol. The second-order valence-corrected chi connectivity index (χ2v) is 7.30. The van der Waals surface area contributed by atoms with Crippen LogP contribution in [0.4, 0.5) is 5.69 Å². The summed E-state index contributed by atoms with van der Waals surface area (Å²) in [5.74, 6) is -1.65. The number of benzene rings is 3. The molecule has 4 nitrogen and oxygen atoms in total. The molecule has 1 aliphatic heterocycles. The highest BCUT2D eigenvalue weighted by Crippen LogP contribution is 2.44. The second kappa shape index (κ2) is 7.57. The Morgan fingerprint density at radius 3 is 2.31 bits per heavy atom. The Kier molecular flexibility index (Phi) is 4.95. The van der Waals surface area contributed by atoms with Crippen LogP contribution in [-0.2, 0) is 9.59 Å². The molecule has 0 aromatic heterocycles. The first-order chi connectivity index (χ1) is 14.0. The van der Waals surface area contributed by atoms with Gasteiger partial charge in [-0.2, -0.15) is 0 Å². The zero-order valence-electron chi connectivity index (χ0n) is 15.7. The minimum Gasteiger partial charge on any atom is -0.507 e. The topological polar surface area (TPSA) is 57.6 Å². The van der Waals surface area contributed by atoms with Crippen molar-refractivity contribution in [1.29, 1.82) is 0 Å². The fourth-order valence-electron chi connectivity index (χ4n) is 3.62. The number of Topliss-reactive ketones (excluding diaryl/α,β-unsaturated/α-hetero) is 1. The molecule has 0 saturated carbocycles. The van der Waals surface area contributed by atoms with Crippen LogP contribution in [0.25, 0.3) is 5.76 Å². The average molecular weight is 404 g/mol. The molecule has 0 spiro atoms. The maximum Gasteiger partial charge on any atom is 0.300 e. The van der Waals surface area contributed by atoms with Crippen LogP contribution in [0.1, 0.15) is 22.7 Å². The zero-order valence-corrected chi connectivity index (χ0v) is 16.4. The number of ketones is 1. The van der Waals surface area contributed by atoms with Gasteiger partial charge in [0.2, 0.25) is 0 Å². The van der Waals surface area contributed by atoms with Crippen LogP contribution in [0.15, 0.2) is 84.4 Å². The van der Waals surface area contributed by atoms with Crippen molar-refractivity contribution in [3.63, 3.8) is 0 Å². The van der Waals surface area contributed by atoms with Crippen molar-refractivity contribution in [3.05, 3.63) is 106 Å². The predicted octanol–water partition coefficient (Wildman–Crippen LogP) is 5.27. The van der Waals surface area contributed by atoms with Crippen LogP contribution >= 0.6 is 11.6 Å². The Balaban J connectivity index is 1.99. The Labute approximate surface area is 173 Å². The van der Waals surface area contributed by atoms with Crippen LogP contribution in [0, 0.1) is 6.92 Å². The molecule has 1 aliphatic rings. The van der Waals surface area contributed by atoms with Crippen LogP contribution in [0.5, 0.6) is 0 Å². The smallest absolute Gasteiger partial charge is 0.300 e. The lowest BCUT2D eigenvalue weighted by molar-refractivity contribution is -0.132. The summed E-state index contributed by atoms with van der Waals surface area (Å²) >= 11 is 6.45. The standard InChI is InChI=1S/C24H18ClNO3/c1-15-8-7-11-17(14-15)26-21(18-12-5-6-13-19(18)25)20(23(28)24(26)29)22(27)16-9-3-2-4-10-16/h2-14,21,27H,1H3/t21-/m0/s1. The van der Waals surface area contributed by atoms with E-state index >= 15 is 0 Å². The summed E-state index contributed by atoms with van der Waals surface area (Å²) in [5, 5.41) is 11.4. The van der Waals surface area contributed by atoms with Gasteiger partial charge >= 0.3 is 0 Å². The van der Waals surface area contributed by atoms with Gasteiger partial charge in [-0.15, -0.1) is 0 Å². The predicted molar refractivity (Wildman–Crippen MR) is 114 cm³/mol. The minimum atomic E-state index is -0.828. The Hall–Kier alpha value is -3.37. The van der Waals surface area contributed by atoms with Crippen molar-refractivity contribution in [2.45, 2.75) is 13.0 Å². The van der Waals surface area contributed by atoms with Crippen molar-refractivity contribution in [2.24, 2.45) is 0 Å². The number of aliphatic hydroxyl groups is 1. The molecule has 0 bridgehead atoms. The molecular formula is C24H18ClNO3. The lowest BCUT2D eigenvalue weighted by atomic mass is 9.95. The Bertz CT molecular complexity index is 1140. The molecule has 3 aromatic carbocycles. The molecular weight excluding hydrogens is 386 g/mol. The lowest BCUT2D eigenvalue weighted by Crippen LogP contribution is -2.29. The summed E-state index contributed by atoms with van der Waals surface area (Å²) < 4.78 is 0. The number of aryl methyl sites for hydroxylation is 1. The van der Waals surface area contributed by atoms with Gasteiger partial charge in [0, 0.05) is 16.3 Å². The number of amides is 1. The maximum atomic E-state index is 13.0. The van der Waals surface area contributed by atoms with Crippen molar-refractivity contribution in [3.8, 4) is 0 Å². The van der Waals surface area contributed by atoms with E-state index in [9.17, 15) is 14.7 Å². The van der Waals surface area contributed by atoms with E-state index in [0.29, 0.717) is 21.8 Å². The van der Waals surface area contributed by atoms with Gasteiger partial charge in [0.05, 0.1) is 11.6 Å². The second-order valence-electron chi connectivity index (χ2n) is 6.90. The lowest BCUT2D eigenvalue weighted by Gasteiger charge is -2.26. The van der Waals surface area contributed by atoms with Crippen LogP contribution in [0.3, 0.4) is 0 Å². The van der Waals surface area contributed by atoms with Crippen LogP contribution < -0.4 is 4.90 Å². The number of carbonyl (C=O) groups excluding carboxylic acids is 2. The highest BCUT2D eigenvalue weighted by Gasteiger charge is 2.47. The molecule has 3 aromatic rings. The summed E-state index contributed by atoms with van der Waals surface area (Å²) in [7, 11) is 0. The summed E-state index contributed by atoms with van der Waals surface area (Å²) in [4.78, 5) is 27.5. The first-order valence-electron chi connectivity index (χ1n) is 9.16. The minimum absolute atomic E-state index is 0.0239. The molecule has 1 fully saturated rings. The molecule has 0 unspecified atom stereocenters. The number of rotatable bonds is 3. The largest absolute Gasteiger partial charge is 0.507 e. The number of carbonyl (C=O) groups is 2. The van der Waals surface area contributed by atoms with Crippen LogP contribution in [-0.4, -0.2) is 16.8 Å². The average Bonchev–Trinajstić information content (AvgIpc) is 2.99. The SMILES string of the molecule is Cc1cccc(N2C(=O)C(=O)C(=C(O)c3ccccc3)[C@@H]2c2ccccc2Cl)c1. The summed E-state index contributed by atoms with van der Waals surface area (Å²) in [6, 6.07) is 22.3. The third kappa shape index (κ3) is 3.32. The van der Waals surface area contributed by atoms with E-state index in [1.807, 2.05) is 31.2 Å². The fraction of sp³-hybridized carbons (Fsp3) is 0.0833. The summed E-state index contributed by atoms with van der Waals surface area (Å²) in [6.07, 6.45) is 0. The zero-order chi connectivity index (χ0) is 20.5. The first kappa shape index (κ1) is 19.0. The molecule has 5 heteroatoms. The van der Waals surface area contributed by atoms with Gasteiger partial charge in [-0.25, -0.2) is 0 Å². The van der Waals surface area contributed by atoms with Gasteiger partial charge in [0.25, 0.3) is 11.7 Å². The molecule has 1 heterocycles. The van der Waals surface area contributed by atoms with Gasteiger partial charge in [-0.05, 0) is 36.2 Å². The van der Waals surface area contributed by atoms with E-state index in [0.717, 1.165) is 5.56 Å². The summed E-state index contributed by atoms with van der Waals surface area (Å²) in [5.41, 5.74) is 2.59. The molecule has 144 valence electrons. The number of aliphatic hydroxyl groups excluding tert-OH is 1. The van der Waals surface area contributed by atoms with E-state index in [2.05, 4.69) is 0 Å². The number of anilines is 1. The van der Waals surface area contributed by atoms with Gasteiger partial charge in [-0.3, -0.25) is 14.5 Å². The van der Waals surface area contributed by atoms with E-state index in [1.54, 1.807) is 54.6 Å².